The van der Waals surface area contributed by atoms with Gasteiger partial charge in [-0.25, -0.2) is 12.8 Å². The predicted octanol–water partition coefficient (Wildman–Crippen LogP) is 2.95. The lowest BCUT2D eigenvalue weighted by molar-refractivity contribution is 0.355. The molecule has 0 bridgehead atoms. The molecule has 0 atom stereocenters. The molecule has 0 aliphatic carbocycles. The fourth-order valence-electron chi connectivity index (χ4n) is 1.91. The van der Waals surface area contributed by atoms with E-state index in [2.05, 4.69) is 4.72 Å². The Bertz CT molecular complexity index is 773. The van der Waals surface area contributed by atoms with Gasteiger partial charge in [-0.15, -0.1) is 0 Å². The monoisotopic (exact) mass is 325 g/mol. The van der Waals surface area contributed by atoms with Crippen molar-refractivity contribution in [2.75, 3.05) is 18.9 Å². The third kappa shape index (κ3) is 3.30. The minimum absolute atomic E-state index is 0.0249. The van der Waals surface area contributed by atoms with E-state index in [4.69, 9.17) is 9.47 Å². The van der Waals surface area contributed by atoms with E-state index in [0.29, 0.717) is 22.7 Å². The van der Waals surface area contributed by atoms with E-state index in [1.54, 1.807) is 13.0 Å². The molecule has 0 saturated carbocycles. The van der Waals surface area contributed by atoms with Gasteiger partial charge in [-0.1, -0.05) is 0 Å². The van der Waals surface area contributed by atoms with Crippen molar-refractivity contribution in [2.45, 2.75) is 11.8 Å². The van der Waals surface area contributed by atoms with Gasteiger partial charge in [0.2, 0.25) is 0 Å². The normalized spacial score (nSPS) is 11.1. The number of sulfonamides is 1. The largest absolute Gasteiger partial charge is 0.493 e. The van der Waals surface area contributed by atoms with E-state index >= 15 is 0 Å². The van der Waals surface area contributed by atoms with Crippen LogP contribution in [0.4, 0.5) is 10.1 Å². The minimum Gasteiger partial charge on any atom is -0.493 e. The second-order valence-electron chi connectivity index (χ2n) is 4.58. The first kappa shape index (κ1) is 16.1. The maximum atomic E-state index is 12.9. The fourth-order valence-corrected chi connectivity index (χ4v) is 3.03. The minimum atomic E-state index is -3.81. The number of hydrogen-bond acceptors (Lipinski definition) is 4. The number of rotatable bonds is 5. The van der Waals surface area contributed by atoms with Crippen LogP contribution in [0.2, 0.25) is 0 Å². The van der Waals surface area contributed by atoms with Crippen molar-refractivity contribution in [3.8, 4) is 11.5 Å². The summed E-state index contributed by atoms with van der Waals surface area (Å²) in [6.45, 7) is 1.74. The van der Waals surface area contributed by atoms with Crippen molar-refractivity contribution < 1.29 is 22.3 Å². The first-order valence-electron chi connectivity index (χ1n) is 6.38. The summed E-state index contributed by atoms with van der Waals surface area (Å²) in [6.07, 6.45) is 0. The van der Waals surface area contributed by atoms with Crippen LogP contribution in [-0.2, 0) is 10.0 Å². The van der Waals surface area contributed by atoms with Gasteiger partial charge in [-0.2, -0.15) is 0 Å². The molecule has 1 N–H and O–H groups in total. The van der Waals surface area contributed by atoms with Crippen molar-refractivity contribution >= 4 is 15.7 Å². The predicted molar refractivity (Wildman–Crippen MR) is 81.5 cm³/mol. The third-order valence-corrected chi connectivity index (χ3v) is 4.48. The Kier molecular flexibility index (Phi) is 4.56. The highest BCUT2D eigenvalue weighted by Gasteiger charge is 2.17. The molecule has 22 heavy (non-hydrogen) atoms. The molecule has 0 aliphatic heterocycles. The fraction of sp³-hybridized carbons (Fsp3) is 0.200. The lowest BCUT2D eigenvalue weighted by atomic mass is 10.2. The number of anilines is 1. The van der Waals surface area contributed by atoms with Crippen LogP contribution in [0.25, 0.3) is 0 Å². The van der Waals surface area contributed by atoms with Crippen LogP contribution in [0.1, 0.15) is 5.56 Å². The molecule has 0 amide bonds. The number of nitrogens with one attached hydrogen (secondary N) is 1. The highest BCUT2D eigenvalue weighted by Crippen LogP contribution is 2.33. The summed E-state index contributed by atoms with van der Waals surface area (Å²) < 4.78 is 50.3. The van der Waals surface area contributed by atoms with Crippen molar-refractivity contribution in [2.24, 2.45) is 0 Å². The molecule has 0 aliphatic rings. The molecule has 0 radical (unpaired) electrons. The number of aryl methyl sites for hydroxylation is 1. The van der Waals surface area contributed by atoms with Gasteiger partial charge in [-0.05, 0) is 42.8 Å². The van der Waals surface area contributed by atoms with Gasteiger partial charge < -0.3 is 9.47 Å². The average molecular weight is 325 g/mol. The average Bonchev–Trinajstić information content (AvgIpc) is 2.49. The zero-order valence-electron chi connectivity index (χ0n) is 12.4. The van der Waals surface area contributed by atoms with Gasteiger partial charge in [0.1, 0.15) is 5.82 Å². The first-order chi connectivity index (χ1) is 10.4. The topological polar surface area (TPSA) is 64.6 Å². The number of benzene rings is 2. The quantitative estimate of drug-likeness (QED) is 0.918. The molecule has 0 spiro atoms. The highest BCUT2D eigenvalue weighted by atomic mass is 32.2. The van der Waals surface area contributed by atoms with Gasteiger partial charge in [0, 0.05) is 6.07 Å². The van der Waals surface area contributed by atoms with Crippen LogP contribution >= 0.6 is 0 Å². The van der Waals surface area contributed by atoms with Crippen LogP contribution < -0.4 is 14.2 Å². The summed E-state index contributed by atoms with van der Waals surface area (Å²) in [5, 5.41) is 0. The Hall–Kier alpha value is -2.28. The van der Waals surface area contributed by atoms with Crippen molar-refractivity contribution in [3.05, 3.63) is 47.8 Å². The molecular formula is C15H16FNO4S. The van der Waals surface area contributed by atoms with Gasteiger partial charge in [-0.3, -0.25) is 4.72 Å². The van der Waals surface area contributed by atoms with E-state index < -0.39 is 15.8 Å². The van der Waals surface area contributed by atoms with Crippen LogP contribution in [0.5, 0.6) is 11.5 Å². The van der Waals surface area contributed by atoms with E-state index in [1.165, 1.54) is 32.4 Å². The Balaban J connectivity index is 2.39. The number of methoxy groups -OCH3 is 2. The molecule has 7 heteroatoms. The van der Waals surface area contributed by atoms with Crippen molar-refractivity contribution in [3.63, 3.8) is 0 Å². The molecule has 118 valence electrons. The number of halogens is 1. The molecule has 2 rings (SSSR count). The summed E-state index contributed by atoms with van der Waals surface area (Å²) in [5.41, 5.74) is 1.03. The summed E-state index contributed by atoms with van der Waals surface area (Å²) in [4.78, 5) is -0.0249. The van der Waals surface area contributed by atoms with Gasteiger partial charge in [0.05, 0.1) is 24.8 Å². The Labute approximate surface area is 128 Å². The third-order valence-electron chi connectivity index (χ3n) is 3.10. The molecule has 0 fully saturated rings. The van der Waals surface area contributed by atoms with E-state index in [1.807, 2.05) is 0 Å². The van der Waals surface area contributed by atoms with Gasteiger partial charge in [0.15, 0.2) is 11.5 Å². The lowest BCUT2D eigenvalue weighted by Gasteiger charge is -2.14. The molecule has 2 aromatic carbocycles. The second-order valence-corrected chi connectivity index (χ2v) is 6.26. The van der Waals surface area contributed by atoms with Crippen LogP contribution in [0, 0.1) is 12.7 Å². The molecule has 0 aromatic heterocycles. The molecule has 2 aromatic rings. The smallest absolute Gasteiger partial charge is 0.261 e. The number of ether oxygens (including phenoxy) is 2. The van der Waals surface area contributed by atoms with Crippen molar-refractivity contribution in [1.82, 2.24) is 0 Å². The summed E-state index contributed by atoms with van der Waals surface area (Å²) >= 11 is 0. The Morgan fingerprint density at radius 2 is 1.55 bits per heavy atom. The standard InChI is InChI=1S/C15H16FNO4S/c1-10-8-14(20-2)15(21-3)9-13(10)17-22(18,19)12-6-4-11(16)5-7-12/h4-9,17H,1-3H3. The lowest BCUT2D eigenvalue weighted by Crippen LogP contribution is -2.14. The van der Waals surface area contributed by atoms with E-state index in [0.717, 1.165) is 12.1 Å². The van der Waals surface area contributed by atoms with Crippen LogP contribution in [0.15, 0.2) is 41.3 Å². The second kappa shape index (κ2) is 6.23. The molecule has 5 nitrogen and oxygen atoms in total. The zero-order chi connectivity index (χ0) is 16.3. The van der Waals surface area contributed by atoms with E-state index in [-0.39, 0.29) is 4.90 Å². The molecule has 0 heterocycles. The molecular weight excluding hydrogens is 309 g/mol. The van der Waals surface area contributed by atoms with Gasteiger partial charge >= 0.3 is 0 Å². The maximum absolute atomic E-state index is 12.9. The SMILES string of the molecule is COc1cc(C)c(NS(=O)(=O)c2ccc(F)cc2)cc1OC. The zero-order valence-corrected chi connectivity index (χ0v) is 13.2. The summed E-state index contributed by atoms with van der Waals surface area (Å²) in [6, 6.07) is 7.80. The first-order valence-corrected chi connectivity index (χ1v) is 7.86. The summed E-state index contributed by atoms with van der Waals surface area (Å²) in [7, 11) is -0.847. The Morgan fingerprint density at radius 1 is 1.00 bits per heavy atom. The highest BCUT2D eigenvalue weighted by molar-refractivity contribution is 7.92. The molecule has 0 unspecified atom stereocenters. The maximum Gasteiger partial charge on any atom is 0.261 e. The Morgan fingerprint density at radius 3 is 2.09 bits per heavy atom. The van der Waals surface area contributed by atoms with Crippen molar-refractivity contribution in [1.29, 1.82) is 0 Å². The van der Waals surface area contributed by atoms with Crippen LogP contribution in [-0.4, -0.2) is 22.6 Å². The number of hydrogen-bond donors (Lipinski definition) is 1. The van der Waals surface area contributed by atoms with Gasteiger partial charge in [0.25, 0.3) is 10.0 Å². The summed E-state index contributed by atoms with van der Waals surface area (Å²) in [5.74, 6) is 0.413. The van der Waals surface area contributed by atoms with Crippen LogP contribution in [0.3, 0.4) is 0 Å². The van der Waals surface area contributed by atoms with E-state index in [9.17, 15) is 12.8 Å². The molecule has 0 saturated heterocycles.